The summed E-state index contributed by atoms with van der Waals surface area (Å²) in [5, 5.41) is 34.4. The minimum absolute atomic E-state index is 0.0328. The predicted octanol–water partition coefficient (Wildman–Crippen LogP) is 5.00. The fraction of sp³-hybridized carbons (Fsp3) is 0.303. The summed E-state index contributed by atoms with van der Waals surface area (Å²) >= 11 is 0.975. The second-order valence-corrected chi connectivity index (χ2v) is 12.1. The number of rotatable bonds is 15. The summed E-state index contributed by atoms with van der Waals surface area (Å²) in [6, 6.07) is 18.9. The first-order chi connectivity index (χ1) is 22.4. The van der Waals surface area contributed by atoms with Crippen molar-refractivity contribution in [1.82, 2.24) is 20.2 Å². The molecule has 0 bridgehead atoms. The van der Waals surface area contributed by atoms with Gasteiger partial charge in [0.25, 0.3) is 17.5 Å². The van der Waals surface area contributed by atoms with Gasteiger partial charge in [-0.05, 0) is 55.2 Å². The van der Waals surface area contributed by atoms with Crippen molar-refractivity contribution in [3.8, 4) is 11.3 Å². The zero-order chi connectivity index (χ0) is 34.1. The molecule has 0 spiro atoms. The summed E-state index contributed by atoms with van der Waals surface area (Å²) in [5.74, 6) is -2.56. The van der Waals surface area contributed by atoms with Crippen LogP contribution in [0.15, 0.2) is 72.8 Å². The second-order valence-electron chi connectivity index (χ2n) is 11.4. The number of carboxylic acid groups (broad SMARTS) is 1. The molecule has 4 rings (SSSR count). The lowest BCUT2D eigenvalue weighted by molar-refractivity contribution is -0.385. The highest BCUT2D eigenvalue weighted by molar-refractivity contribution is 7.08. The van der Waals surface area contributed by atoms with Crippen molar-refractivity contribution in [3.05, 3.63) is 98.9 Å². The largest absolute Gasteiger partial charge is 0.480 e. The molecule has 246 valence electrons. The summed E-state index contributed by atoms with van der Waals surface area (Å²) in [6.07, 6.45) is -0.0985. The van der Waals surface area contributed by atoms with E-state index in [0.29, 0.717) is 40.6 Å². The number of anilines is 2. The SMILES string of the molecule is CC(C)NCCN(c1ccc([N+](=O)[O-])c(C(=O)NC(Cc2ccc(NC(=O)c3snnc3-c3ccccc3)cc2)C(=O)O)c1)C(C)C. The van der Waals surface area contributed by atoms with E-state index in [1.807, 2.05) is 62.9 Å². The lowest BCUT2D eigenvalue weighted by Crippen LogP contribution is -2.42. The molecule has 2 amide bonds. The smallest absolute Gasteiger partial charge is 0.326 e. The van der Waals surface area contributed by atoms with E-state index in [1.165, 1.54) is 12.1 Å². The Morgan fingerprint density at radius 2 is 1.68 bits per heavy atom. The van der Waals surface area contributed by atoms with Crippen molar-refractivity contribution >= 4 is 46.4 Å². The highest BCUT2D eigenvalue weighted by Gasteiger charge is 2.27. The van der Waals surface area contributed by atoms with Crippen LogP contribution in [0.5, 0.6) is 0 Å². The molecule has 0 saturated heterocycles. The number of aliphatic carboxylic acids is 1. The van der Waals surface area contributed by atoms with Gasteiger partial charge in [-0.25, -0.2) is 4.79 Å². The van der Waals surface area contributed by atoms with Gasteiger partial charge >= 0.3 is 5.97 Å². The Kier molecular flexibility index (Phi) is 11.7. The molecule has 0 aliphatic heterocycles. The van der Waals surface area contributed by atoms with Crippen LogP contribution in [0.1, 0.15) is 53.3 Å². The number of nitro groups is 1. The first-order valence-corrected chi connectivity index (χ1v) is 15.8. The van der Waals surface area contributed by atoms with Crippen LogP contribution in [-0.4, -0.2) is 68.6 Å². The van der Waals surface area contributed by atoms with E-state index < -0.39 is 34.4 Å². The molecule has 0 fully saturated rings. The molecule has 1 unspecified atom stereocenters. The number of amides is 2. The van der Waals surface area contributed by atoms with Crippen molar-refractivity contribution in [2.45, 2.75) is 52.2 Å². The van der Waals surface area contributed by atoms with Crippen LogP contribution in [0.25, 0.3) is 11.3 Å². The Morgan fingerprint density at radius 1 is 0.979 bits per heavy atom. The maximum Gasteiger partial charge on any atom is 0.326 e. The predicted molar refractivity (Wildman–Crippen MR) is 181 cm³/mol. The van der Waals surface area contributed by atoms with Crippen LogP contribution in [-0.2, 0) is 11.2 Å². The molecule has 0 saturated carbocycles. The van der Waals surface area contributed by atoms with Gasteiger partial charge in [-0.15, -0.1) is 5.10 Å². The minimum atomic E-state index is -1.38. The quantitative estimate of drug-likeness (QED) is 0.100. The Morgan fingerprint density at radius 3 is 2.30 bits per heavy atom. The van der Waals surface area contributed by atoms with Crippen molar-refractivity contribution < 1.29 is 24.4 Å². The fourth-order valence-corrected chi connectivity index (χ4v) is 5.49. The normalized spacial score (nSPS) is 11.7. The van der Waals surface area contributed by atoms with E-state index in [9.17, 15) is 29.6 Å². The Bertz CT molecular complexity index is 1710. The second kappa shape index (κ2) is 15.9. The first kappa shape index (κ1) is 34.7. The third-order valence-electron chi connectivity index (χ3n) is 7.28. The number of nitrogens with zero attached hydrogens (tertiary/aromatic N) is 4. The molecule has 47 heavy (non-hydrogen) atoms. The molecule has 3 aromatic carbocycles. The lowest BCUT2D eigenvalue weighted by atomic mass is 10.0. The summed E-state index contributed by atoms with van der Waals surface area (Å²) in [7, 11) is 0. The van der Waals surface area contributed by atoms with Gasteiger partial charge in [0.2, 0.25) is 0 Å². The summed E-state index contributed by atoms with van der Waals surface area (Å²) < 4.78 is 3.92. The number of benzene rings is 3. The average molecular weight is 660 g/mol. The zero-order valence-corrected chi connectivity index (χ0v) is 27.3. The van der Waals surface area contributed by atoms with E-state index in [0.717, 1.165) is 17.1 Å². The summed E-state index contributed by atoms with van der Waals surface area (Å²) in [6.45, 7) is 9.28. The first-order valence-electron chi connectivity index (χ1n) is 15.0. The van der Waals surface area contributed by atoms with Gasteiger partial charge in [0.05, 0.1) is 4.92 Å². The average Bonchev–Trinajstić information content (AvgIpc) is 3.54. The molecule has 13 nitrogen and oxygen atoms in total. The van der Waals surface area contributed by atoms with Gasteiger partial charge < -0.3 is 26.0 Å². The van der Waals surface area contributed by atoms with Crippen molar-refractivity contribution in [2.75, 3.05) is 23.3 Å². The Balaban J connectivity index is 1.47. The number of carbonyl (C=O) groups is 3. The van der Waals surface area contributed by atoms with E-state index in [2.05, 4.69) is 25.5 Å². The van der Waals surface area contributed by atoms with Gasteiger partial charge in [0.1, 0.15) is 22.2 Å². The number of nitrogens with one attached hydrogen (secondary N) is 3. The summed E-state index contributed by atoms with van der Waals surface area (Å²) in [4.78, 5) is 52.1. The van der Waals surface area contributed by atoms with E-state index in [-0.39, 0.29) is 24.1 Å². The van der Waals surface area contributed by atoms with Crippen molar-refractivity contribution in [2.24, 2.45) is 0 Å². The molecular weight excluding hydrogens is 622 g/mol. The molecule has 14 heteroatoms. The molecule has 1 aromatic heterocycles. The van der Waals surface area contributed by atoms with Crippen molar-refractivity contribution in [1.29, 1.82) is 0 Å². The molecule has 1 atom stereocenters. The standard InChI is InChI=1S/C33H37N7O6S/c1-20(2)34-16-17-39(21(3)4)25-14-15-28(40(45)46)26(19-25)31(41)36-27(33(43)44)18-22-10-12-24(13-11-22)35-32(42)30-29(37-38-47-30)23-8-6-5-7-9-23/h5-15,19-21,27,34H,16-18H2,1-4H3,(H,35,42)(H,36,41)(H,43,44). The number of nitro benzene ring substituents is 1. The Labute approximate surface area is 276 Å². The van der Waals surface area contributed by atoms with Gasteiger partial charge in [-0.1, -0.05) is 60.8 Å². The molecule has 1 heterocycles. The summed E-state index contributed by atoms with van der Waals surface area (Å²) in [5.41, 5.74) is 2.21. The number of aromatic nitrogens is 2. The lowest BCUT2D eigenvalue weighted by Gasteiger charge is -2.30. The molecule has 0 aliphatic carbocycles. The molecule has 4 aromatic rings. The van der Waals surface area contributed by atoms with Crippen LogP contribution in [0.4, 0.5) is 17.1 Å². The number of carbonyl (C=O) groups excluding carboxylic acids is 2. The van der Waals surface area contributed by atoms with Gasteiger partial charge in [-0.3, -0.25) is 19.7 Å². The number of hydrogen-bond acceptors (Lipinski definition) is 10. The molecule has 0 aliphatic rings. The van der Waals surface area contributed by atoms with E-state index in [1.54, 1.807) is 30.3 Å². The maximum absolute atomic E-state index is 13.4. The zero-order valence-electron chi connectivity index (χ0n) is 26.5. The number of hydrogen-bond donors (Lipinski definition) is 4. The third kappa shape index (κ3) is 9.17. The highest BCUT2D eigenvalue weighted by Crippen LogP contribution is 2.27. The van der Waals surface area contributed by atoms with Crippen LogP contribution < -0.4 is 20.9 Å². The minimum Gasteiger partial charge on any atom is -0.480 e. The van der Waals surface area contributed by atoms with Crippen LogP contribution in [0.2, 0.25) is 0 Å². The topological polar surface area (TPSA) is 180 Å². The van der Waals surface area contributed by atoms with Crippen molar-refractivity contribution in [3.63, 3.8) is 0 Å². The van der Waals surface area contributed by atoms with Crippen LogP contribution in [0.3, 0.4) is 0 Å². The van der Waals surface area contributed by atoms with Gasteiger partial charge in [0.15, 0.2) is 0 Å². The maximum atomic E-state index is 13.4. The van der Waals surface area contributed by atoms with Gasteiger partial charge in [0, 0.05) is 54.6 Å². The molecule has 4 N–H and O–H groups in total. The monoisotopic (exact) mass is 659 g/mol. The highest BCUT2D eigenvalue weighted by atomic mass is 32.1. The molecular formula is C33H37N7O6S. The van der Waals surface area contributed by atoms with E-state index in [4.69, 9.17) is 0 Å². The fourth-order valence-electron chi connectivity index (χ4n) is 4.91. The van der Waals surface area contributed by atoms with Crippen LogP contribution in [0, 0.1) is 10.1 Å². The Hall–Kier alpha value is -5.21. The van der Waals surface area contributed by atoms with Gasteiger partial charge in [-0.2, -0.15) is 0 Å². The van der Waals surface area contributed by atoms with E-state index >= 15 is 0 Å². The molecule has 0 radical (unpaired) electrons. The third-order valence-corrected chi connectivity index (χ3v) is 8.00. The number of carboxylic acids is 1. The van der Waals surface area contributed by atoms with Crippen LogP contribution >= 0.6 is 11.5 Å².